The lowest BCUT2D eigenvalue weighted by molar-refractivity contribution is -0.134. The molecule has 0 spiro atoms. The van der Waals surface area contributed by atoms with E-state index in [1.54, 1.807) is 12.1 Å². The zero-order chi connectivity index (χ0) is 22.5. The minimum Gasteiger partial charge on any atom is -0.497 e. The Morgan fingerprint density at radius 1 is 1.06 bits per heavy atom. The van der Waals surface area contributed by atoms with Crippen molar-refractivity contribution in [2.75, 3.05) is 20.7 Å². The van der Waals surface area contributed by atoms with Crippen molar-refractivity contribution in [1.29, 1.82) is 0 Å². The summed E-state index contributed by atoms with van der Waals surface area (Å²) in [5.74, 6) is 0.754. The van der Waals surface area contributed by atoms with Crippen LogP contribution in [0.1, 0.15) is 29.2 Å². The summed E-state index contributed by atoms with van der Waals surface area (Å²) in [4.78, 5) is 15.3. The van der Waals surface area contributed by atoms with Crippen LogP contribution < -0.4 is 4.74 Å². The molecule has 3 aromatic carbocycles. The van der Waals surface area contributed by atoms with Crippen molar-refractivity contribution >= 4 is 23.2 Å². The Morgan fingerprint density at radius 2 is 1.75 bits per heavy atom. The standard InChI is InChI=1S/C26H26ClN3O2/c1-29(17-19-6-4-3-5-7-19)18-26(31)30-25(21-8-12-22(27)13-9-21)16-24(28-30)20-10-14-23(32-2)15-11-20/h3-15,25H,16-18H2,1-2H3. The molecular formula is C26H26ClN3O2. The Balaban J connectivity index is 1.55. The summed E-state index contributed by atoms with van der Waals surface area (Å²) in [6.45, 7) is 0.972. The maximum absolute atomic E-state index is 13.3. The van der Waals surface area contributed by atoms with E-state index < -0.39 is 0 Å². The van der Waals surface area contributed by atoms with Crippen molar-refractivity contribution in [3.8, 4) is 5.75 Å². The van der Waals surface area contributed by atoms with Gasteiger partial charge in [0.1, 0.15) is 5.75 Å². The van der Waals surface area contributed by atoms with Gasteiger partial charge in [-0.05, 0) is 60.1 Å². The molecule has 1 aliphatic rings. The molecule has 0 radical (unpaired) electrons. The van der Waals surface area contributed by atoms with Gasteiger partial charge in [-0.1, -0.05) is 54.1 Å². The largest absolute Gasteiger partial charge is 0.497 e. The summed E-state index contributed by atoms with van der Waals surface area (Å²) >= 11 is 6.09. The summed E-state index contributed by atoms with van der Waals surface area (Å²) in [7, 11) is 3.59. The minimum absolute atomic E-state index is 0.0353. The highest BCUT2D eigenvalue weighted by Gasteiger charge is 2.33. The fraction of sp³-hybridized carbons (Fsp3) is 0.231. The number of hydrogen-bond acceptors (Lipinski definition) is 4. The number of carbonyl (C=O) groups is 1. The molecule has 164 valence electrons. The molecule has 0 bridgehead atoms. The fourth-order valence-electron chi connectivity index (χ4n) is 3.90. The van der Waals surface area contributed by atoms with E-state index in [-0.39, 0.29) is 18.5 Å². The molecule has 0 aliphatic carbocycles. The number of amides is 1. The second kappa shape index (κ2) is 9.98. The highest BCUT2D eigenvalue weighted by Crippen LogP contribution is 2.33. The Hall–Kier alpha value is -3.15. The van der Waals surface area contributed by atoms with E-state index >= 15 is 0 Å². The second-order valence-electron chi connectivity index (χ2n) is 7.94. The van der Waals surface area contributed by atoms with Gasteiger partial charge in [0.15, 0.2) is 0 Å². The third-order valence-corrected chi connectivity index (χ3v) is 5.80. The number of likely N-dealkylation sites (N-methyl/N-ethyl adjacent to an activating group) is 1. The van der Waals surface area contributed by atoms with Gasteiger partial charge in [0, 0.05) is 18.0 Å². The average Bonchev–Trinajstić information content (AvgIpc) is 3.26. The normalized spacial score (nSPS) is 15.7. The predicted molar refractivity (Wildman–Crippen MR) is 128 cm³/mol. The van der Waals surface area contributed by atoms with Gasteiger partial charge in [-0.3, -0.25) is 9.69 Å². The average molecular weight is 448 g/mol. The molecule has 1 unspecified atom stereocenters. The van der Waals surface area contributed by atoms with Crippen molar-refractivity contribution in [2.24, 2.45) is 5.10 Å². The summed E-state index contributed by atoms with van der Waals surface area (Å²) in [5, 5.41) is 7.05. The summed E-state index contributed by atoms with van der Waals surface area (Å²) < 4.78 is 5.26. The number of ether oxygens (including phenoxy) is 1. The lowest BCUT2D eigenvalue weighted by Gasteiger charge is -2.25. The number of hydrogen-bond donors (Lipinski definition) is 0. The maximum atomic E-state index is 13.3. The van der Waals surface area contributed by atoms with Crippen molar-refractivity contribution < 1.29 is 9.53 Å². The quantitative estimate of drug-likeness (QED) is 0.502. The van der Waals surface area contributed by atoms with Crippen LogP contribution in [-0.4, -0.2) is 42.2 Å². The first-order valence-electron chi connectivity index (χ1n) is 10.6. The minimum atomic E-state index is -0.165. The van der Waals surface area contributed by atoms with Gasteiger partial charge in [-0.15, -0.1) is 0 Å². The molecule has 5 nitrogen and oxygen atoms in total. The molecule has 1 aliphatic heterocycles. The van der Waals surface area contributed by atoms with Crippen LogP contribution in [0.25, 0.3) is 0 Å². The third-order valence-electron chi connectivity index (χ3n) is 5.54. The monoisotopic (exact) mass is 447 g/mol. The first kappa shape index (κ1) is 22.1. The third kappa shape index (κ3) is 5.18. The van der Waals surface area contributed by atoms with Crippen LogP contribution in [0.3, 0.4) is 0 Å². The Morgan fingerprint density at radius 3 is 2.41 bits per heavy atom. The Labute approximate surface area is 193 Å². The molecular weight excluding hydrogens is 422 g/mol. The van der Waals surface area contributed by atoms with Crippen LogP contribution in [0.15, 0.2) is 84.0 Å². The van der Waals surface area contributed by atoms with Crippen LogP contribution in [0.2, 0.25) is 5.02 Å². The Kier molecular flexibility index (Phi) is 6.88. The van der Waals surface area contributed by atoms with Gasteiger partial charge in [0.05, 0.1) is 25.4 Å². The molecule has 1 heterocycles. The lowest BCUT2D eigenvalue weighted by Crippen LogP contribution is -2.36. The van der Waals surface area contributed by atoms with Crippen LogP contribution in [0.4, 0.5) is 0 Å². The van der Waals surface area contributed by atoms with Crippen molar-refractivity contribution in [1.82, 2.24) is 9.91 Å². The van der Waals surface area contributed by atoms with Gasteiger partial charge in [0.25, 0.3) is 5.91 Å². The molecule has 1 amide bonds. The highest BCUT2D eigenvalue weighted by atomic mass is 35.5. The number of nitrogens with zero attached hydrogens (tertiary/aromatic N) is 3. The number of methoxy groups -OCH3 is 1. The van der Waals surface area contributed by atoms with Crippen LogP contribution in [-0.2, 0) is 11.3 Å². The number of carbonyl (C=O) groups excluding carboxylic acids is 1. The molecule has 0 aromatic heterocycles. The fourth-order valence-corrected chi connectivity index (χ4v) is 4.02. The zero-order valence-electron chi connectivity index (χ0n) is 18.2. The first-order chi connectivity index (χ1) is 15.5. The van der Waals surface area contributed by atoms with E-state index in [9.17, 15) is 4.79 Å². The SMILES string of the molecule is COc1ccc(C2=NN(C(=O)CN(C)Cc3ccccc3)C(c3ccc(Cl)cc3)C2)cc1. The highest BCUT2D eigenvalue weighted by molar-refractivity contribution is 6.30. The molecule has 0 N–H and O–H groups in total. The first-order valence-corrected chi connectivity index (χ1v) is 10.9. The molecule has 3 aromatic rings. The van der Waals surface area contributed by atoms with E-state index in [2.05, 4.69) is 12.1 Å². The molecule has 1 atom stereocenters. The van der Waals surface area contributed by atoms with E-state index in [4.69, 9.17) is 21.4 Å². The lowest BCUT2D eigenvalue weighted by atomic mass is 9.98. The zero-order valence-corrected chi connectivity index (χ0v) is 19.0. The molecule has 6 heteroatoms. The Bertz CT molecular complexity index is 1080. The number of benzene rings is 3. The smallest absolute Gasteiger partial charge is 0.257 e. The van der Waals surface area contributed by atoms with E-state index in [0.29, 0.717) is 18.0 Å². The van der Waals surface area contributed by atoms with Crippen molar-refractivity contribution in [3.05, 3.63) is 101 Å². The molecule has 4 rings (SSSR count). The van der Waals surface area contributed by atoms with Gasteiger partial charge < -0.3 is 4.74 Å². The van der Waals surface area contributed by atoms with Crippen LogP contribution >= 0.6 is 11.6 Å². The van der Waals surface area contributed by atoms with E-state index in [1.165, 1.54) is 5.56 Å². The second-order valence-corrected chi connectivity index (χ2v) is 8.38. The van der Waals surface area contributed by atoms with E-state index in [1.807, 2.05) is 78.7 Å². The summed E-state index contributed by atoms with van der Waals surface area (Å²) in [6, 6.07) is 25.4. The van der Waals surface area contributed by atoms with Gasteiger partial charge >= 0.3 is 0 Å². The number of halogens is 1. The maximum Gasteiger partial charge on any atom is 0.257 e. The summed E-state index contributed by atoms with van der Waals surface area (Å²) in [6.07, 6.45) is 0.641. The predicted octanol–water partition coefficient (Wildman–Crippen LogP) is 5.16. The van der Waals surface area contributed by atoms with Gasteiger partial charge in [-0.25, -0.2) is 5.01 Å². The molecule has 0 fully saturated rings. The van der Waals surface area contributed by atoms with Crippen molar-refractivity contribution in [2.45, 2.75) is 19.0 Å². The number of hydrazone groups is 1. The van der Waals surface area contributed by atoms with Gasteiger partial charge in [-0.2, -0.15) is 5.10 Å². The molecule has 32 heavy (non-hydrogen) atoms. The van der Waals surface area contributed by atoms with Crippen LogP contribution in [0, 0.1) is 0 Å². The van der Waals surface area contributed by atoms with Crippen LogP contribution in [0.5, 0.6) is 5.75 Å². The summed E-state index contributed by atoms with van der Waals surface area (Å²) in [5.41, 5.74) is 4.05. The number of rotatable bonds is 7. The molecule has 0 saturated heterocycles. The van der Waals surface area contributed by atoms with E-state index in [0.717, 1.165) is 22.6 Å². The van der Waals surface area contributed by atoms with Crippen molar-refractivity contribution in [3.63, 3.8) is 0 Å². The van der Waals surface area contributed by atoms with Gasteiger partial charge in [0.2, 0.25) is 0 Å². The topological polar surface area (TPSA) is 45.1 Å². The molecule has 0 saturated carbocycles.